The highest BCUT2D eigenvalue weighted by Gasteiger charge is 2.38. The molecule has 0 saturated carbocycles. The van der Waals surface area contributed by atoms with Crippen molar-refractivity contribution < 1.29 is 24.0 Å². The molecule has 1 aromatic rings. The van der Waals surface area contributed by atoms with Crippen LogP contribution in [0.1, 0.15) is 23.7 Å². The van der Waals surface area contributed by atoms with Crippen molar-refractivity contribution in [2.24, 2.45) is 0 Å². The van der Waals surface area contributed by atoms with E-state index < -0.39 is 35.8 Å². The summed E-state index contributed by atoms with van der Waals surface area (Å²) in [6.45, 7) is 4.40. The van der Waals surface area contributed by atoms with E-state index in [4.69, 9.17) is 0 Å². The van der Waals surface area contributed by atoms with E-state index in [1.807, 2.05) is 0 Å². The standard InChI is InChI=1S/C16H20N6O5S/c1-3-21-4-5-22(15(26)14(21)25)16(27)20-11(10-7-28-8(2)18-10)13(24)19-9-6-17-12(9)23/h7,9,11H,3-6H2,1-2H3,(H,17,23)(H,19,24)(H,20,27). The Labute approximate surface area is 164 Å². The van der Waals surface area contributed by atoms with Gasteiger partial charge in [-0.1, -0.05) is 0 Å². The zero-order valence-electron chi connectivity index (χ0n) is 15.4. The maximum Gasteiger partial charge on any atom is 0.325 e. The van der Waals surface area contributed by atoms with Crippen LogP contribution < -0.4 is 16.0 Å². The molecule has 3 heterocycles. The van der Waals surface area contributed by atoms with Crippen molar-refractivity contribution in [3.63, 3.8) is 0 Å². The Kier molecular flexibility index (Phi) is 5.58. The van der Waals surface area contributed by atoms with Gasteiger partial charge in [-0.3, -0.25) is 24.1 Å². The fourth-order valence-corrected chi connectivity index (χ4v) is 3.46. The van der Waals surface area contributed by atoms with Gasteiger partial charge in [0.25, 0.3) is 0 Å². The number of hydrogen-bond donors (Lipinski definition) is 3. The van der Waals surface area contributed by atoms with Gasteiger partial charge >= 0.3 is 17.8 Å². The van der Waals surface area contributed by atoms with Crippen LogP contribution in [-0.2, 0) is 19.2 Å². The fraction of sp³-hybridized carbons (Fsp3) is 0.500. The largest absolute Gasteiger partial charge is 0.352 e. The Morgan fingerprint density at radius 3 is 2.61 bits per heavy atom. The molecule has 6 amide bonds. The molecule has 2 aliphatic heterocycles. The van der Waals surface area contributed by atoms with E-state index >= 15 is 0 Å². The molecule has 3 N–H and O–H groups in total. The topological polar surface area (TPSA) is 141 Å². The fourth-order valence-electron chi connectivity index (χ4n) is 2.82. The van der Waals surface area contributed by atoms with Crippen molar-refractivity contribution in [2.45, 2.75) is 25.9 Å². The number of imide groups is 1. The zero-order chi connectivity index (χ0) is 20.4. The highest BCUT2D eigenvalue weighted by atomic mass is 32.1. The number of nitrogens with one attached hydrogen (secondary N) is 3. The molecule has 150 valence electrons. The summed E-state index contributed by atoms with van der Waals surface area (Å²) < 4.78 is 0. The lowest BCUT2D eigenvalue weighted by Gasteiger charge is -2.33. The van der Waals surface area contributed by atoms with Gasteiger partial charge in [-0.15, -0.1) is 11.3 Å². The van der Waals surface area contributed by atoms with Gasteiger partial charge in [-0.05, 0) is 13.8 Å². The summed E-state index contributed by atoms with van der Waals surface area (Å²) in [6.07, 6.45) is 0. The first kappa shape index (κ1) is 19.7. The summed E-state index contributed by atoms with van der Waals surface area (Å²) in [6, 6.07) is -2.74. The van der Waals surface area contributed by atoms with Crippen LogP contribution in [0.15, 0.2) is 5.38 Å². The van der Waals surface area contributed by atoms with Crippen molar-refractivity contribution >= 4 is 41.0 Å². The summed E-state index contributed by atoms with van der Waals surface area (Å²) in [4.78, 5) is 67.2. The van der Waals surface area contributed by atoms with Crippen LogP contribution in [0.3, 0.4) is 0 Å². The lowest BCUT2D eigenvalue weighted by molar-refractivity contribution is -0.153. The van der Waals surface area contributed by atoms with Crippen molar-refractivity contribution in [3.8, 4) is 0 Å². The molecule has 0 spiro atoms. The second kappa shape index (κ2) is 7.92. The van der Waals surface area contributed by atoms with E-state index in [1.165, 1.54) is 16.2 Å². The van der Waals surface area contributed by atoms with Gasteiger partial charge in [0.1, 0.15) is 6.04 Å². The summed E-state index contributed by atoms with van der Waals surface area (Å²) in [5, 5.41) is 9.81. The van der Waals surface area contributed by atoms with Crippen molar-refractivity contribution in [1.29, 1.82) is 0 Å². The third-order valence-corrected chi connectivity index (χ3v) is 5.30. The average Bonchev–Trinajstić information content (AvgIpc) is 3.10. The molecular formula is C16H20N6O5S. The van der Waals surface area contributed by atoms with Crippen molar-refractivity contribution in [1.82, 2.24) is 30.7 Å². The highest BCUT2D eigenvalue weighted by Crippen LogP contribution is 2.18. The Morgan fingerprint density at radius 1 is 1.32 bits per heavy atom. The Balaban J connectivity index is 1.74. The van der Waals surface area contributed by atoms with Crippen LogP contribution >= 0.6 is 11.3 Å². The molecule has 0 radical (unpaired) electrons. The lowest BCUT2D eigenvalue weighted by Crippen LogP contribution is -2.63. The monoisotopic (exact) mass is 408 g/mol. The first-order valence-electron chi connectivity index (χ1n) is 8.73. The predicted molar refractivity (Wildman–Crippen MR) is 97.0 cm³/mol. The van der Waals surface area contributed by atoms with Crippen molar-refractivity contribution in [2.75, 3.05) is 26.2 Å². The van der Waals surface area contributed by atoms with E-state index in [1.54, 1.807) is 19.2 Å². The SMILES string of the molecule is CCN1CCN(C(=O)NC(C(=O)NC2CNC2=O)c2csc(C)n2)C(=O)C1=O. The van der Waals surface area contributed by atoms with E-state index in [9.17, 15) is 24.0 Å². The molecule has 0 bridgehead atoms. The van der Waals surface area contributed by atoms with Gasteiger partial charge in [0.15, 0.2) is 6.04 Å². The van der Waals surface area contributed by atoms with E-state index in [0.717, 1.165) is 4.90 Å². The number of aryl methyl sites for hydroxylation is 1. The second-order valence-corrected chi connectivity index (χ2v) is 7.38. The minimum absolute atomic E-state index is 0.0275. The summed E-state index contributed by atoms with van der Waals surface area (Å²) in [7, 11) is 0. The Morgan fingerprint density at radius 2 is 2.07 bits per heavy atom. The number of carbonyl (C=O) groups excluding carboxylic acids is 5. The quantitative estimate of drug-likeness (QED) is 0.400. The third-order valence-electron chi connectivity index (χ3n) is 4.51. The number of urea groups is 1. The van der Waals surface area contributed by atoms with Gasteiger partial charge in [-0.2, -0.15) is 0 Å². The maximum atomic E-state index is 12.6. The third kappa shape index (κ3) is 3.81. The van der Waals surface area contributed by atoms with E-state index in [-0.39, 0.29) is 19.0 Å². The van der Waals surface area contributed by atoms with E-state index in [0.29, 0.717) is 23.8 Å². The number of carbonyl (C=O) groups is 5. The first-order valence-corrected chi connectivity index (χ1v) is 9.61. The van der Waals surface area contributed by atoms with Gasteiger partial charge in [0.2, 0.25) is 11.8 Å². The van der Waals surface area contributed by atoms with Gasteiger partial charge < -0.3 is 20.9 Å². The number of β-lactam (4-membered cyclic amide) rings is 1. The van der Waals surface area contributed by atoms with Gasteiger partial charge in [0.05, 0.1) is 10.7 Å². The van der Waals surface area contributed by atoms with Crippen molar-refractivity contribution in [3.05, 3.63) is 16.1 Å². The number of thiazole rings is 1. The molecule has 2 aliphatic rings. The molecule has 0 aromatic carbocycles. The molecule has 0 aliphatic carbocycles. The number of aromatic nitrogens is 1. The molecule has 2 fully saturated rings. The average molecular weight is 408 g/mol. The molecule has 12 heteroatoms. The molecular weight excluding hydrogens is 388 g/mol. The van der Waals surface area contributed by atoms with Crippen LogP contribution in [0, 0.1) is 6.92 Å². The number of piperazine rings is 1. The predicted octanol–water partition coefficient (Wildman–Crippen LogP) is -1.49. The van der Waals surface area contributed by atoms with Crippen LogP contribution in [-0.4, -0.2) is 76.7 Å². The number of hydrogen-bond acceptors (Lipinski definition) is 7. The first-order chi connectivity index (χ1) is 13.3. The smallest absolute Gasteiger partial charge is 0.325 e. The summed E-state index contributed by atoms with van der Waals surface area (Å²) in [5.74, 6) is -2.65. The molecule has 1 aromatic heterocycles. The molecule has 2 unspecified atom stereocenters. The molecule has 2 atom stereocenters. The zero-order valence-corrected chi connectivity index (χ0v) is 16.2. The van der Waals surface area contributed by atoms with Crippen LogP contribution in [0.5, 0.6) is 0 Å². The molecule has 3 rings (SSSR count). The van der Waals surface area contributed by atoms with Crippen LogP contribution in [0.25, 0.3) is 0 Å². The number of likely N-dealkylation sites (N-methyl/N-ethyl adjacent to an activating group) is 1. The maximum absolute atomic E-state index is 12.6. The molecule has 28 heavy (non-hydrogen) atoms. The number of nitrogens with zero attached hydrogens (tertiary/aromatic N) is 3. The lowest BCUT2D eigenvalue weighted by atomic mass is 10.1. The minimum Gasteiger partial charge on any atom is -0.352 e. The Bertz CT molecular complexity index is 839. The van der Waals surface area contributed by atoms with Crippen LogP contribution in [0.4, 0.5) is 4.79 Å². The van der Waals surface area contributed by atoms with Gasteiger partial charge in [-0.25, -0.2) is 9.78 Å². The van der Waals surface area contributed by atoms with Crippen LogP contribution in [0.2, 0.25) is 0 Å². The minimum atomic E-state index is -1.20. The normalized spacial score (nSPS) is 20.4. The number of rotatable bonds is 5. The highest BCUT2D eigenvalue weighted by molar-refractivity contribution is 7.09. The molecule has 2 saturated heterocycles. The summed E-state index contributed by atoms with van der Waals surface area (Å²) >= 11 is 1.29. The molecule has 11 nitrogen and oxygen atoms in total. The number of amides is 6. The van der Waals surface area contributed by atoms with E-state index in [2.05, 4.69) is 20.9 Å². The Hall–Kier alpha value is -3.02. The second-order valence-electron chi connectivity index (χ2n) is 6.32. The van der Waals surface area contributed by atoms with Gasteiger partial charge in [0, 0.05) is 31.6 Å². The summed E-state index contributed by atoms with van der Waals surface area (Å²) in [5.41, 5.74) is 0.291.